The number of nitrogens with one attached hydrogen (secondary N) is 1. The molecular formula is C20H22N2O3. The Balaban J connectivity index is 1.72. The highest BCUT2D eigenvalue weighted by atomic mass is 16.3. The summed E-state index contributed by atoms with van der Waals surface area (Å²) < 4.78 is 0. The van der Waals surface area contributed by atoms with Crippen molar-refractivity contribution in [1.29, 1.82) is 0 Å². The zero-order valence-electron chi connectivity index (χ0n) is 14.2. The van der Waals surface area contributed by atoms with Crippen LogP contribution in [0.1, 0.15) is 41.7 Å². The van der Waals surface area contributed by atoms with Crippen LogP contribution in [0.5, 0.6) is 5.75 Å². The monoisotopic (exact) mass is 338 g/mol. The van der Waals surface area contributed by atoms with Gasteiger partial charge in [0, 0.05) is 6.54 Å². The van der Waals surface area contributed by atoms with Gasteiger partial charge in [0.2, 0.25) is 5.91 Å². The summed E-state index contributed by atoms with van der Waals surface area (Å²) in [7, 11) is 0. The molecule has 5 nitrogen and oxygen atoms in total. The van der Waals surface area contributed by atoms with Crippen molar-refractivity contribution in [2.24, 2.45) is 0 Å². The number of hydrogen-bond acceptors (Lipinski definition) is 3. The number of phenols is 1. The van der Waals surface area contributed by atoms with Gasteiger partial charge in [-0.2, -0.15) is 0 Å². The minimum atomic E-state index is -0.502. The van der Waals surface area contributed by atoms with Gasteiger partial charge >= 0.3 is 0 Å². The van der Waals surface area contributed by atoms with E-state index < -0.39 is 6.04 Å². The van der Waals surface area contributed by atoms with Gasteiger partial charge in [-0.25, -0.2) is 0 Å². The van der Waals surface area contributed by atoms with E-state index in [9.17, 15) is 14.7 Å². The molecule has 2 N–H and O–H groups in total. The van der Waals surface area contributed by atoms with Crippen LogP contribution in [0.25, 0.3) is 0 Å². The molecule has 0 aliphatic carbocycles. The Labute approximate surface area is 147 Å². The molecule has 0 unspecified atom stereocenters. The lowest BCUT2D eigenvalue weighted by Crippen LogP contribution is -2.46. The molecule has 130 valence electrons. The summed E-state index contributed by atoms with van der Waals surface area (Å²) in [5.41, 5.74) is 1.26. The molecule has 1 aliphatic heterocycles. The number of benzene rings is 2. The molecule has 0 bridgehead atoms. The molecule has 25 heavy (non-hydrogen) atoms. The number of carbonyl (C=O) groups excluding carboxylic acids is 2. The Hall–Kier alpha value is -2.82. The number of phenolic OH excluding ortho intramolecular Hbond substituents is 1. The smallest absolute Gasteiger partial charge is 0.258 e. The zero-order valence-corrected chi connectivity index (χ0v) is 14.2. The number of likely N-dealkylation sites (tertiary alicyclic amines) is 1. The second-order valence-electron chi connectivity index (χ2n) is 6.31. The molecule has 0 saturated carbocycles. The SMILES string of the molecule is C[C@H](NC(=O)[C@@H]1CCCN1C(=O)c1ccccc1O)c1ccccc1. The van der Waals surface area contributed by atoms with Crippen molar-refractivity contribution >= 4 is 11.8 Å². The second kappa shape index (κ2) is 7.38. The molecule has 1 saturated heterocycles. The van der Waals surface area contributed by atoms with Gasteiger partial charge in [0.15, 0.2) is 0 Å². The fourth-order valence-corrected chi connectivity index (χ4v) is 3.23. The lowest BCUT2D eigenvalue weighted by molar-refractivity contribution is -0.125. The van der Waals surface area contributed by atoms with Crippen LogP contribution in [-0.4, -0.2) is 34.4 Å². The highest BCUT2D eigenvalue weighted by Gasteiger charge is 2.35. The van der Waals surface area contributed by atoms with Crippen LogP contribution in [-0.2, 0) is 4.79 Å². The molecule has 2 amide bonds. The van der Waals surface area contributed by atoms with Crippen molar-refractivity contribution in [1.82, 2.24) is 10.2 Å². The Morgan fingerprint density at radius 2 is 1.80 bits per heavy atom. The molecule has 2 aromatic carbocycles. The van der Waals surface area contributed by atoms with E-state index in [1.165, 1.54) is 6.07 Å². The van der Waals surface area contributed by atoms with Crippen molar-refractivity contribution in [2.45, 2.75) is 31.8 Å². The lowest BCUT2D eigenvalue weighted by atomic mass is 10.1. The summed E-state index contributed by atoms with van der Waals surface area (Å²) in [6.07, 6.45) is 1.41. The summed E-state index contributed by atoms with van der Waals surface area (Å²) in [4.78, 5) is 27.0. The Morgan fingerprint density at radius 1 is 1.12 bits per heavy atom. The first-order valence-corrected chi connectivity index (χ1v) is 8.52. The van der Waals surface area contributed by atoms with Crippen LogP contribution < -0.4 is 5.32 Å². The third-order valence-electron chi connectivity index (χ3n) is 4.61. The van der Waals surface area contributed by atoms with Crippen LogP contribution in [0.3, 0.4) is 0 Å². The van der Waals surface area contributed by atoms with Gasteiger partial charge in [-0.15, -0.1) is 0 Å². The van der Waals surface area contributed by atoms with Crippen molar-refractivity contribution in [3.8, 4) is 5.75 Å². The van der Waals surface area contributed by atoms with Gasteiger partial charge in [0.25, 0.3) is 5.91 Å². The summed E-state index contributed by atoms with van der Waals surface area (Å²) in [5.74, 6) is -0.517. The van der Waals surface area contributed by atoms with E-state index in [2.05, 4.69) is 5.32 Å². The standard InChI is InChI=1S/C20H22N2O3/c1-14(15-8-3-2-4-9-15)21-19(24)17-11-7-13-22(17)20(25)16-10-5-6-12-18(16)23/h2-6,8-10,12,14,17,23H,7,11,13H2,1H3,(H,21,24)/t14-,17-/m0/s1. The third-order valence-corrected chi connectivity index (χ3v) is 4.61. The summed E-state index contributed by atoms with van der Waals surface area (Å²) in [5, 5.41) is 12.9. The summed E-state index contributed by atoms with van der Waals surface area (Å²) >= 11 is 0. The molecule has 1 aliphatic rings. The van der Waals surface area contributed by atoms with Crippen molar-refractivity contribution in [2.75, 3.05) is 6.54 Å². The number of nitrogens with zero attached hydrogens (tertiary/aromatic N) is 1. The number of para-hydroxylation sites is 1. The van der Waals surface area contributed by atoms with E-state index in [1.807, 2.05) is 37.3 Å². The van der Waals surface area contributed by atoms with Crippen LogP contribution >= 0.6 is 0 Å². The fraction of sp³-hybridized carbons (Fsp3) is 0.300. The van der Waals surface area contributed by atoms with E-state index in [0.717, 1.165) is 12.0 Å². The van der Waals surface area contributed by atoms with Gasteiger partial charge in [-0.1, -0.05) is 42.5 Å². The molecule has 1 heterocycles. The second-order valence-corrected chi connectivity index (χ2v) is 6.31. The average Bonchev–Trinajstić information content (AvgIpc) is 3.12. The van der Waals surface area contributed by atoms with Crippen LogP contribution in [0.15, 0.2) is 54.6 Å². The first-order valence-electron chi connectivity index (χ1n) is 8.52. The fourth-order valence-electron chi connectivity index (χ4n) is 3.23. The maximum absolute atomic E-state index is 12.7. The molecular weight excluding hydrogens is 316 g/mol. The van der Waals surface area contributed by atoms with Crippen molar-refractivity contribution < 1.29 is 14.7 Å². The Morgan fingerprint density at radius 3 is 2.52 bits per heavy atom. The number of amides is 2. The van der Waals surface area contributed by atoms with E-state index in [1.54, 1.807) is 23.1 Å². The molecule has 1 fully saturated rings. The zero-order chi connectivity index (χ0) is 17.8. The van der Waals surface area contributed by atoms with Gasteiger partial charge in [0.1, 0.15) is 11.8 Å². The maximum atomic E-state index is 12.7. The lowest BCUT2D eigenvalue weighted by Gasteiger charge is -2.26. The maximum Gasteiger partial charge on any atom is 0.258 e. The van der Waals surface area contributed by atoms with Gasteiger partial charge in [-0.05, 0) is 37.5 Å². The van der Waals surface area contributed by atoms with E-state index in [0.29, 0.717) is 13.0 Å². The van der Waals surface area contributed by atoms with Crippen molar-refractivity contribution in [3.05, 3.63) is 65.7 Å². The highest BCUT2D eigenvalue weighted by molar-refractivity contribution is 5.99. The quantitative estimate of drug-likeness (QED) is 0.900. The topological polar surface area (TPSA) is 69.6 Å². The number of rotatable bonds is 4. The largest absolute Gasteiger partial charge is 0.507 e. The molecule has 2 atom stereocenters. The summed E-state index contributed by atoms with van der Waals surface area (Å²) in [6, 6.07) is 15.5. The molecule has 2 aromatic rings. The van der Waals surface area contributed by atoms with Crippen LogP contribution in [0, 0.1) is 0 Å². The average molecular weight is 338 g/mol. The number of hydrogen-bond donors (Lipinski definition) is 2. The first-order chi connectivity index (χ1) is 12.1. The predicted octanol–water partition coefficient (Wildman–Crippen LogP) is 2.87. The molecule has 0 spiro atoms. The third kappa shape index (κ3) is 3.65. The van der Waals surface area contributed by atoms with E-state index in [4.69, 9.17) is 0 Å². The molecule has 3 rings (SSSR count). The first kappa shape index (κ1) is 17.0. The molecule has 0 aromatic heterocycles. The number of carbonyl (C=O) groups is 2. The van der Waals surface area contributed by atoms with E-state index >= 15 is 0 Å². The summed E-state index contributed by atoms with van der Waals surface area (Å²) in [6.45, 7) is 2.45. The molecule has 0 radical (unpaired) electrons. The predicted molar refractivity (Wildman–Crippen MR) is 95.2 cm³/mol. The Kier molecular flexibility index (Phi) is 5.03. The number of aromatic hydroxyl groups is 1. The van der Waals surface area contributed by atoms with Gasteiger partial charge < -0.3 is 15.3 Å². The highest BCUT2D eigenvalue weighted by Crippen LogP contribution is 2.25. The minimum absolute atomic E-state index is 0.0591. The van der Waals surface area contributed by atoms with Crippen LogP contribution in [0.4, 0.5) is 0 Å². The normalized spacial score (nSPS) is 18.0. The minimum Gasteiger partial charge on any atom is -0.507 e. The Bertz CT molecular complexity index is 761. The van der Waals surface area contributed by atoms with Gasteiger partial charge in [0.05, 0.1) is 11.6 Å². The van der Waals surface area contributed by atoms with E-state index in [-0.39, 0.29) is 29.2 Å². The van der Waals surface area contributed by atoms with Crippen molar-refractivity contribution in [3.63, 3.8) is 0 Å². The van der Waals surface area contributed by atoms with Crippen LogP contribution in [0.2, 0.25) is 0 Å². The molecule has 5 heteroatoms. The van der Waals surface area contributed by atoms with Gasteiger partial charge in [-0.3, -0.25) is 9.59 Å².